The average molecular weight is 246 g/mol. The Morgan fingerprint density at radius 3 is 2.50 bits per heavy atom. The average Bonchev–Trinajstić information content (AvgIpc) is 2.39. The summed E-state index contributed by atoms with van der Waals surface area (Å²) >= 11 is 0. The highest BCUT2D eigenvalue weighted by Crippen LogP contribution is 2.27. The van der Waals surface area contributed by atoms with Crippen LogP contribution in [0.15, 0.2) is 42.5 Å². The molecule has 3 heteroatoms. The van der Waals surface area contributed by atoms with Crippen LogP contribution in [0, 0.1) is 5.82 Å². The van der Waals surface area contributed by atoms with Crippen molar-refractivity contribution < 1.29 is 13.9 Å². The number of benzene rings is 2. The van der Waals surface area contributed by atoms with Gasteiger partial charge in [-0.3, -0.25) is 0 Å². The first-order chi connectivity index (χ1) is 8.74. The van der Waals surface area contributed by atoms with Gasteiger partial charge in [-0.25, -0.2) is 4.39 Å². The molecule has 0 aliphatic heterocycles. The van der Waals surface area contributed by atoms with Gasteiger partial charge in [0, 0.05) is 0 Å². The Hall–Kier alpha value is -2.03. The van der Waals surface area contributed by atoms with Crippen LogP contribution in [0.3, 0.4) is 0 Å². The first kappa shape index (κ1) is 12.4. The van der Waals surface area contributed by atoms with E-state index in [4.69, 9.17) is 9.47 Å². The molecule has 18 heavy (non-hydrogen) atoms. The van der Waals surface area contributed by atoms with Gasteiger partial charge in [0.15, 0.2) is 11.6 Å². The van der Waals surface area contributed by atoms with Crippen LogP contribution < -0.4 is 9.47 Å². The zero-order valence-corrected chi connectivity index (χ0v) is 10.4. The first-order valence-electron chi connectivity index (χ1n) is 5.81. The van der Waals surface area contributed by atoms with Crippen molar-refractivity contribution in [2.75, 3.05) is 13.7 Å². The van der Waals surface area contributed by atoms with Crippen LogP contribution in [0.4, 0.5) is 4.39 Å². The van der Waals surface area contributed by atoms with E-state index in [-0.39, 0.29) is 11.6 Å². The Kier molecular flexibility index (Phi) is 3.82. The van der Waals surface area contributed by atoms with Crippen LogP contribution in [0.1, 0.15) is 6.92 Å². The largest absolute Gasteiger partial charge is 0.494 e. The predicted octanol–water partition coefficient (Wildman–Crippen LogP) is 3.90. The van der Waals surface area contributed by atoms with Gasteiger partial charge in [-0.2, -0.15) is 0 Å². The van der Waals surface area contributed by atoms with Crippen molar-refractivity contribution in [2.45, 2.75) is 6.92 Å². The lowest BCUT2D eigenvalue weighted by molar-refractivity contribution is 0.340. The van der Waals surface area contributed by atoms with E-state index in [1.807, 2.05) is 37.3 Å². The van der Waals surface area contributed by atoms with Crippen molar-refractivity contribution >= 4 is 0 Å². The lowest BCUT2D eigenvalue weighted by Crippen LogP contribution is -1.92. The zero-order chi connectivity index (χ0) is 13.0. The summed E-state index contributed by atoms with van der Waals surface area (Å²) in [5.74, 6) is 0.669. The Morgan fingerprint density at radius 2 is 1.83 bits per heavy atom. The predicted molar refractivity (Wildman–Crippen MR) is 69.6 cm³/mol. The molecule has 0 heterocycles. The molecule has 0 aliphatic carbocycles. The molecule has 0 saturated heterocycles. The summed E-state index contributed by atoms with van der Waals surface area (Å²) in [6.45, 7) is 2.54. The SMILES string of the molecule is CCOc1cccc(-c2ccc(OC)c(F)c2)c1. The van der Waals surface area contributed by atoms with Crippen molar-refractivity contribution in [2.24, 2.45) is 0 Å². The molecular formula is C15H15FO2. The number of rotatable bonds is 4. The summed E-state index contributed by atoms with van der Waals surface area (Å²) < 4.78 is 24.0. The van der Waals surface area contributed by atoms with Gasteiger partial charge in [0.25, 0.3) is 0 Å². The van der Waals surface area contributed by atoms with Gasteiger partial charge in [0.2, 0.25) is 0 Å². The van der Waals surface area contributed by atoms with Gasteiger partial charge in [0.05, 0.1) is 13.7 Å². The fourth-order valence-electron chi connectivity index (χ4n) is 1.78. The molecule has 0 radical (unpaired) electrons. The topological polar surface area (TPSA) is 18.5 Å². The van der Waals surface area contributed by atoms with E-state index < -0.39 is 0 Å². The standard InChI is InChI=1S/C15H15FO2/c1-3-18-13-6-4-5-11(9-13)12-7-8-15(17-2)14(16)10-12/h4-10H,3H2,1-2H3. The van der Waals surface area contributed by atoms with Crippen LogP contribution in [0.2, 0.25) is 0 Å². The maximum absolute atomic E-state index is 13.6. The van der Waals surface area contributed by atoms with Crippen molar-refractivity contribution in [1.82, 2.24) is 0 Å². The molecule has 0 atom stereocenters. The van der Waals surface area contributed by atoms with Crippen molar-refractivity contribution in [3.05, 3.63) is 48.3 Å². The fourth-order valence-corrected chi connectivity index (χ4v) is 1.78. The molecule has 2 rings (SSSR count). The third-order valence-electron chi connectivity index (χ3n) is 2.63. The molecule has 0 amide bonds. The number of methoxy groups -OCH3 is 1. The minimum atomic E-state index is -0.364. The normalized spacial score (nSPS) is 10.2. The van der Waals surface area contributed by atoms with Crippen LogP contribution in [0.25, 0.3) is 11.1 Å². The second-order valence-electron chi connectivity index (χ2n) is 3.81. The zero-order valence-electron chi connectivity index (χ0n) is 10.4. The fraction of sp³-hybridized carbons (Fsp3) is 0.200. The molecule has 0 spiro atoms. The van der Waals surface area contributed by atoms with Crippen LogP contribution in [-0.4, -0.2) is 13.7 Å². The summed E-state index contributed by atoms with van der Waals surface area (Å²) in [7, 11) is 1.45. The summed E-state index contributed by atoms with van der Waals surface area (Å²) in [4.78, 5) is 0. The minimum absolute atomic E-state index is 0.250. The number of ether oxygens (including phenoxy) is 2. The number of halogens is 1. The maximum atomic E-state index is 13.6. The quantitative estimate of drug-likeness (QED) is 0.814. The molecule has 2 aromatic rings. The first-order valence-corrected chi connectivity index (χ1v) is 5.81. The van der Waals surface area contributed by atoms with Crippen molar-refractivity contribution in [3.63, 3.8) is 0 Å². The second-order valence-corrected chi connectivity index (χ2v) is 3.81. The molecule has 94 valence electrons. The van der Waals surface area contributed by atoms with Crippen LogP contribution in [-0.2, 0) is 0 Å². The van der Waals surface area contributed by atoms with E-state index in [0.717, 1.165) is 16.9 Å². The molecule has 0 bridgehead atoms. The number of hydrogen-bond acceptors (Lipinski definition) is 2. The van der Waals surface area contributed by atoms with Gasteiger partial charge in [-0.05, 0) is 42.3 Å². The lowest BCUT2D eigenvalue weighted by Gasteiger charge is -2.08. The van der Waals surface area contributed by atoms with E-state index >= 15 is 0 Å². The third kappa shape index (κ3) is 2.62. The van der Waals surface area contributed by atoms with E-state index in [1.165, 1.54) is 13.2 Å². The highest BCUT2D eigenvalue weighted by molar-refractivity contribution is 5.66. The smallest absolute Gasteiger partial charge is 0.165 e. The van der Waals surface area contributed by atoms with E-state index in [2.05, 4.69) is 0 Å². The third-order valence-corrected chi connectivity index (χ3v) is 2.63. The monoisotopic (exact) mass is 246 g/mol. The van der Waals surface area contributed by atoms with E-state index in [1.54, 1.807) is 6.07 Å². The summed E-state index contributed by atoms with van der Waals surface area (Å²) in [6.07, 6.45) is 0. The van der Waals surface area contributed by atoms with Gasteiger partial charge in [0.1, 0.15) is 5.75 Å². The van der Waals surface area contributed by atoms with Crippen LogP contribution in [0.5, 0.6) is 11.5 Å². The summed E-state index contributed by atoms with van der Waals surface area (Å²) in [6, 6.07) is 12.5. The van der Waals surface area contributed by atoms with Crippen molar-refractivity contribution in [3.8, 4) is 22.6 Å². The molecule has 0 fully saturated rings. The van der Waals surface area contributed by atoms with Crippen LogP contribution >= 0.6 is 0 Å². The van der Waals surface area contributed by atoms with Crippen molar-refractivity contribution in [1.29, 1.82) is 0 Å². The Morgan fingerprint density at radius 1 is 1.06 bits per heavy atom. The van der Waals surface area contributed by atoms with Gasteiger partial charge < -0.3 is 9.47 Å². The molecular weight excluding hydrogens is 231 g/mol. The lowest BCUT2D eigenvalue weighted by atomic mass is 10.1. The second kappa shape index (κ2) is 5.54. The summed E-state index contributed by atoms with van der Waals surface area (Å²) in [5, 5.41) is 0. The van der Waals surface area contributed by atoms with Gasteiger partial charge >= 0.3 is 0 Å². The van der Waals surface area contributed by atoms with Gasteiger partial charge in [-0.15, -0.1) is 0 Å². The van der Waals surface area contributed by atoms with Gasteiger partial charge in [-0.1, -0.05) is 18.2 Å². The summed E-state index contributed by atoms with van der Waals surface area (Å²) in [5.41, 5.74) is 1.72. The molecule has 0 N–H and O–H groups in total. The maximum Gasteiger partial charge on any atom is 0.165 e. The highest BCUT2D eigenvalue weighted by atomic mass is 19.1. The Balaban J connectivity index is 2.36. The molecule has 2 aromatic carbocycles. The van der Waals surface area contributed by atoms with E-state index in [9.17, 15) is 4.39 Å². The van der Waals surface area contributed by atoms with E-state index in [0.29, 0.717) is 6.61 Å². The molecule has 0 aromatic heterocycles. The molecule has 0 unspecified atom stereocenters. The number of hydrogen-bond donors (Lipinski definition) is 0. The molecule has 0 saturated carbocycles. The molecule has 2 nitrogen and oxygen atoms in total. The Labute approximate surface area is 106 Å². The molecule has 0 aliphatic rings. The highest BCUT2D eigenvalue weighted by Gasteiger charge is 2.05. The Bertz CT molecular complexity index is 538. The minimum Gasteiger partial charge on any atom is -0.494 e.